The van der Waals surface area contributed by atoms with E-state index in [2.05, 4.69) is 25.4 Å². The monoisotopic (exact) mass is 316 g/mol. The van der Waals surface area contributed by atoms with Crippen LogP contribution in [-0.4, -0.2) is 44.1 Å². The van der Waals surface area contributed by atoms with Crippen molar-refractivity contribution in [3.63, 3.8) is 0 Å². The van der Waals surface area contributed by atoms with Crippen molar-refractivity contribution in [2.24, 2.45) is 5.92 Å². The lowest BCUT2D eigenvalue weighted by molar-refractivity contribution is 0.173. The van der Waals surface area contributed by atoms with Crippen molar-refractivity contribution >= 4 is 11.8 Å². The Morgan fingerprint density at radius 1 is 1.39 bits per heavy atom. The van der Waals surface area contributed by atoms with Crippen LogP contribution in [0.25, 0.3) is 0 Å². The van der Waals surface area contributed by atoms with Gasteiger partial charge >= 0.3 is 6.03 Å². The maximum Gasteiger partial charge on any atom is 0.323 e. The first-order chi connectivity index (χ1) is 11.1. The summed E-state index contributed by atoms with van der Waals surface area (Å²) in [6.45, 7) is 5.02. The van der Waals surface area contributed by atoms with Crippen LogP contribution in [-0.2, 0) is 6.42 Å². The average molecular weight is 316 g/mol. The molecule has 2 amide bonds. The number of aryl methyl sites for hydroxylation is 2. The highest BCUT2D eigenvalue weighted by Crippen LogP contribution is 2.21. The Kier molecular flexibility index (Phi) is 4.50. The highest BCUT2D eigenvalue weighted by atomic mass is 16.5. The van der Waals surface area contributed by atoms with E-state index in [4.69, 9.17) is 4.52 Å². The third kappa shape index (κ3) is 4.02. The van der Waals surface area contributed by atoms with E-state index in [1.165, 1.54) is 0 Å². The standard InChI is InChI=1S/C15H20N6O2/c1-10-16-6-5-13(17-10)19-15(22)21-7-3-4-12(9-21)8-14-18-11(2)20-23-14/h5-6,12H,3-4,7-9H2,1-2H3,(H,16,17,19,22). The summed E-state index contributed by atoms with van der Waals surface area (Å²) in [5.41, 5.74) is 0. The Labute approximate surface area is 134 Å². The third-order valence-corrected chi connectivity index (χ3v) is 3.85. The largest absolute Gasteiger partial charge is 0.339 e. The zero-order chi connectivity index (χ0) is 16.2. The Hall–Kier alpha value is -2.51. The molecule has 23 heavy (non-hydrogen) atoms. The first-order valence-electron chi connectivity index (χ1n) is 7.75. The zero-order valence-corrected chi connectivity index (χ0v) is 13.3. The predicted octanol–water partition coefficient (Wildman–Crippen LogP) is 1.96. The van der Waals surface area contributed by atoms with Gasteiger partial charge in [-0.1, -0.05) is 5.16 Å². The molecule has 1 aliphatic heterocycles. The molecule has 0 radical (unpaired) electrons. The molecule has 2 aromatic heterocycles. The summed E-state index contributed by atoms with van der Waals surface area (Å²) < 4.78 is 5.17. The summed E-state index contributed by atoms with van der Waals surface area (Å²) in [5.74, 6) is 2.77. The second kappa shape index (κ2) is 6.72. The molecule has 1 aliphatic rings. The minimum absolute atomic E-state index is 0.130. The SMILES string of the molecule is Cc1nccc(NC(=O)N2CCCC(Cc3nc(C)no3)C2)n1. The van der Waals surface area contributed by atoms with E-state index in [1.54, 1.807) is 26.1 Å². The number of carbonyl (C=O) groups excluding carboxylic acids is 1. The number of nitrogens with one attached hydrogen (secondary N) is 1. The summed E-state index contributed by atoms with van der Waals surface area (Å²) in [5, 5.41) is 6.63. The molecule has 0 aliphatic carbocycles. The number of nitrogens with zero attached hydrogens (tertiary/aromatic N) is 5. The number of hydrogen-bond donors (Lipinski definition) is 1. The first-order valence-corrected chi connectivity index (χ1v) is 7.75. The Balaban J connectivity index is 1.58. The maximum absolute atomic E-state index is 12.4. The molecule has 0 aromatic carbocycles. The molecule has 3 heterocycles. The minimum atomic E-state index is -0.130. The van der Waals surface area contributed by atoms with Crippen LogP contribution in [0.3, 0.4) is 0 Å². The van der Waals surface area contributed by atoms with E-state index in [9.17, 15) is 4.79 Å². The lowest BCUT2D eigenvalue weighted by Gasteiger charge is -2.32. The summed E-state index contributed by atoms with van der Waals surface area (Å²) in [6.07, 6.45) is 4.36. The average Bonchev–Trinajstić information content (AvgIpc) is 2.92. The van der Waals surface area contributed by atoms with Gasteiger partial charge in [-0.15, -0.1) is 0 Å². The maximum atomic E-state index is 12.4. The summed E-state index contributed by atoms with van der Waals surface area (Å²) >= 11 is 0. The van der Waals surface area contributed by atoms with Crippen LogP contribution in [0.5, 0.6) is 0 Å². The fourth-order valence-corrected chi connectivity index (χ4v) is 2.80. The molecular formula is C15H20N6O2. The van der Waals surface area contributed by atoms with E-state index in [0.29, 0.717) is 42.2 Å². The third-order valence-electron chi connectivity index (χ3n) is 3.85. The molecule has 1 atom stereocenters. The number of rotatable bonds is 3. The lowest BCUT2D eigenvalue weighted by atomic mass is 9.95. The van der Waals surface area contributed by atoms with Gasteiger partial charge in [0.15, 0.2) is 5.82 Å². The van der Waals surface area contributed by atoms with Gasteiger partial charge in [-0.05, 0) is 38.7 Å². The van der Waals surface area contributed by atoms with E-state index < -0.39 is 0 Å². The van der Waals surface area contributed by atoms with Crippen LogP contribution < -0.4 is 5.32 Å². The molecule has 3 rings (SSSR count). The highest BCUT2D eigenvalue weighted by molar-refractivity contribution is 5.88. The van der Waals surface area contributed by atoms with Gasteiger partial charge in [0, 0.05) is 25.7 Å². The fraction of sp³-hybridized carbons (Fsp3) is 0.533. The van der Waals surface area contributed by atoms with E-state index in [-0.39, 0.29) is 6.03 Å². The van der Waals surface area contributed by atoms with Crippen LogP contribution in [0.1, 0.15) is 30.4 Å². The zero-order valence-electron chi connectivity index (χ0n) is 13.3. The van der Waals surface area contributed by atoms with Gasteiger partial charge < -0.3 is 9.42 Å². The van der Waals surface area contributed by atoms with Gasteiger partial charge in [-0.3, -0.25) is 5.32 Å². The minimum Gasteiger partial charge on any atom is -0.339 e. The van der Waals surface area contributed by atoms with Gasteiger partial charge in [0.25, 0.3) is 0 Å². The predicted molar refractivity (Wildman–Crippen MR) is 82.8 cm³/mol. The number of likely N-dealkylation sites (tertiary alicyclic amines) is 1. The molecule has 2 aromatic rings. The second-order valence-electron chi connectivity index (χ2n) is 5.81. The van der Waals surface area contributed by atoms with Gasteiger partial charge in [-0.2, -0.15) is 4.98 Å². The number of piperidine rings is 1. The van der Waals surface area contributed by atoms with Crippen molar-refractivity contribution in [1.82, 2.24) is 25.0 Å². The number of aromatic nitrogens is 4. The van der Waals surface area contributed by atoms with Crippen LogP contribution in [0, 0.1) is 19.8 Å². The molecule has 0 saturated carbocycles. The summed E-state index contributed by atoms with van der Waals surface area (Å²) in [7, 11) is 0. The number of anilines is 1. The van der Waals surface area contributed by atoms with Crippen molar-refractivity contribution in [2.75, 3.05) is 18.4 Å². The fourth-order valence-electron chi connectivity index (χ4n) is 2.80. The number of carbonyl (C=O) groups is 1. The van der Waals surface area contributed by atoms with Gasteiger partial charge in [0.1, 0.15) is 11.6 Å². The van der Waals surface area contributed by atoms with Crippen LogP contribution >= 0.6 is 0 Å². The Morgan fingerprint density at radius 2 is 2.26 bits per heavy atom. The quantitative estimate of drug-likeness (QED) is 0.929. The Bertz CT molecular complexity index is 686. The van der Waals surface area contributed by atoms with E-state index in [0.717, 1.165) is 19.4 Å². The second-order valence-corrected chi connectivity index (χ2v) is 5.81. The smallest absolute Gasteiger partial charge is 0.323 e. The molecule has 1 saturated heterocycles. The number of amides is 2. The highest BCUT2D eigenvalue weighted by Gasteiger charge is 2.25. The van der Waals surface area contributed by atoms with Crippen LogP contribution in [0.15, 0.2) is 16.8 Å². The van der Waals surface area contributed by atoms with Crippen molar-refractivity contribution in [3.05, 3.63) is 29.8 Å². The van der Waals surface area contributed by atoms with Crippen molar-refractivity contribution < 1.29 is 9.32 Å². The molecule has 122 valence electrons. The molecule has 1 fully saturated rings. The number of hydrogen-bond acceptors (Lipinski definition) is 6. The first kappa shape index (κ1) is 15.4. The molecule has 0 spiro atoms. The topological polar surface area (TPSA) is 97.0 Å². The molecular weight excluding hydrogens is 296 g/mol. The van der Waals surface area contributed by atoms with Crippen molar-refractivity contribution in [3.8, 4) is 0 Å². The number of urea groups is 1. The molecule has 0 bridgehead atoms. The van der Waals surface area contributed by atoms with Gasteiger partial charge in [0.05, 0.1) is 0 Å². The molecule has 8 nitrogen and oxygen atoms in total. The van der Waals surface area contributed by atoms with Crippen LogP contribution in [0.2, 0.25) is 0 Å². The van der Waals surface area contributed by atoms with Crippen molar-refractivity contribution in [2.45, 2.75) is 33.1 Å². The van der Waals surface area contributed by atoms with Crippen LogP contribution in [0.4, 0.5) is 10.6 Å². The Morgan fingerprint density at radius 3 is 3.00 bits per heavy atom. The van der Waals surface area contributed by atoms with Gasteiger partial charge in [0.2, 0.25) is 5.89 Å². The molecule has 1 unspecified atom stereocenters. The van der Waals surface area contributed by atoms with Crippen molar-refractivity contribution in [1.29, 1.82) is 0 Å². The molecule has 8 heteroatoms. The lowest BCUT2D eigenvalue weighted by Crippen LogP contribution is -2.43. The van der Waals surface area contributed by atoms with Gasteiger partial charge in [-0.25, -0.2) is 14.8 Å². The normalized spacial score (nSPS) is 18.0. The summed E-state index contributed by atoms with van der Waals surface area (Å²) in [6, 6.07) is 1.56. The summed E-state index contributed by atoms with van der Waals surface area (Å²) in [4.78, 5) is 26.7. The van der Waals surface area contributed by atoms with E-state index >= 15 is 0 Å². The van der Waals surface area contributed by atoms with E-state index in [1.807, 2.05) is 4.90 Å². The molecule has 1 N–H and O–H groups in total.